The SMILES string of the molecule is COc1ccc(CNCc2cn[nH]c2)cc1OC(F)F. The summed E-state index contributed by atoms with van der Waals surface area (Å²) in [6.07, 6.45) is 3.50. The molecule has 0 saturated heterocycles. The van der Waals surface area contributed by atoms with Gasteiger partial charge < -0.3 is 14.8 Å². The smallest absolute Gasteiger partial charge is 0.387 e. The molecule has 7 heteroatoms. The second-order valence-corrected chi connectivity index (χ2v) is 4.07. The van der Waals surface area contributed by atoms with Crippen LogP contribution < -0.4 is 14.8 Å². The third kappa shape index (κ3) is 3.92. The van der Waals surface area contributed by atoms with E-state index in [1.807, 2.05) is 0 Å². The molecule has 2 rings (SSSR count). The summed E-state index contributed by atoms with van der Waals surface area (Å²) in [5, 5.41) is 9.72. The molecule has 0 amide bonds. The molecule has 0 fully saturated rings. The Bertz CT molecular complexity index is 532. The second kappa shape index (κ2) is 6.85. The number of ether oxygens (including phenoxy) is 2. The van der Waals surface area contributed by atoms with Crippen LogP contribution in [0.4, 0.5) is 8.78 Å². The average molecular weight is 283 g/mol. The van der Waals surface area contributed by atoms with Crippen molar-refractivity contribution in [2.45, 2.75) is 19.7 Å². The van der Waals surface area contributed by atoms with Crippen molar-refractivity contribution in [1.29, 1.82) is 0 Å². The summed E-state index contributed by atoms with van der Waals surface area (Å²) in [6.45, 7) is -1.72. The van der Waals surface area contributed by atoms with E-state index in [-0.39, 0.29) is 11.5 Å². The molecule has 5 nitrogen and oxygen atoms in total. The van der Waals surface area contributed by atoms with E-state index in [1.54, 1.807) is 24.5 Å². The van der Waals surface area contributed by atoms with Gasteiger partial charge in [-0.25, -0.2) is 0 Å². The van der Waals surface area contributed by atoms with Crippen LogP contribution in [0.1, 0.15) is 11.1 Å². The van der Waals surface area contributed by atoms with Gasteiger partial charge in [-0.15, -0.1) is 0 Å². The van der Waals surface area contributed by atoms with E-state index in [9.17, 15) is 8.78 Å². The molecule has 0 radical (unpaired) electrons. The largest absolute Gasteiger partial charge is 0.493 e. The summed E-state index contributed by atoms with van der Waals surface area (Å²) in [4.78, 5) is 0. The first-order valence-electron chi connectivity index (χ1n) is 5.99. The standard InChI is InChI=1S/C13H15F2N3O2/c1-19-11-3-2-9(4-12(11)20-13(14)15)5-16-6-10-7-17-18-8-10/h2-4,7-8,13,16H,5-6H2,1H3,(H,17,18). The maximum atomic E-state index is 12.3. The van der Waals surface area contributed by atoms with E-state index in [0.717, 1.165) is 11.1 Å². The van der Waals surface area contributed by atoms with Crippen molar-refractivity contribution in [2.75, 3.05) is 7.11 Å². The normalized spacial score (nSPS) is 10.8. The highest BCUT2D eigenvalue weighted by molar-refractivity contribution is 5.43. The molecule has 0 saturated carbocycles. The number of H-pyrrole nitrogens is 1. The molecule has 1 aromatic carbocycles. The van der Waals surface area contributed by atoms with Gasteiger partial charge in [-0.3, -0.25) is 5.10 Å². The number of nitrogens with zero attached hydrogens (tertiary/aromatic N) is 1. The van der Waals surface area contributed by atoms with Gasteiger partial charge in [-0.05, 0) is 17.7 Å². The number of aromatic amines is 1. The number of nitrogens with one attached hydrogen (secondary N) is 2. The maximum absolute atomic E-state index is 12.3. The third-order valence-electron chi connectivity index (χ3n) is 2.66. The number of rotatable bonds is 7. The van der Waals surface area contributed by atoms with Crippen molar-refractivity contribution in [3.05, 3.63) is 41.7 Å². The summed E-state index contributed by atoms with van der Waals surface area (Å²) < 4.78 is 34.0. The van der Waals surface area contributed by atoms with Crippen molar-refractivity contribution < 1.29 is 18.3 Å². The van der Waals surface area contributed by atoms with Gasteiger partial charge >= 0.3 is 6.61 Å². The van der Waals surface area contributed by atoms with Crippen LogP contribution in [0.25, 0.3) is 0 Å². The predicted octanol–water partition coefficient (Wildman–Crippen LogP) is 2.31. The number of benzene rings is 1. The first-order valence-corrected chi connectivity index (χ1v) is 5.99. The molecular formula is C13H15F2N3O2. The summed E-state index contributed by atoms with van der Waals surface area (Å²) in [5.74, 6) is 0.314. The number of hydrogen-bond donors (Lipinski definition) is 2. The summed E-state index contributed by atoms with van der Waals surface area (Å²) in [5.41, 5.74) is 1.84. The fourth-order valence-corrected chi connectivity index (χ4v) is 1.74. The lowest BCUT2D eigenvalue weighted by atomic mass is 10.2. The van der Waals surface area contributed by atoms with Crippen LogP contribution in [-0.4, -0.2) is 23.9 Å². The van der Waals surface area contributed by atoms with E-state index < -0.39 is 6.61 Å². The highest BCUT2D eigenvalue weighted by Gasteiger charge is 2.11. The molecule has 2 N–H and O–H groups in total. The van der Waals surface area contributed by atoms with E-state index >= 15 is 0 Å². The highest BCUT2D eigenvalue weighted by Crippen LogP contribution is 2.29. The first kappa shape index (κ1) is 14.3. The Morgan fingerprint density at radius 2 is 2.05 bits per heavy atom. The van der Waals surface area contributed by atoms with Gasteiger partial charge in [-0.2, -0.15) is 13.9 Å². The molecular weight excluding hydrogens is 268 g/mol. The van der Waals surface area contributed by atoms with Gasteiger partial charge in [0.1, 0.15) is 0 Å². The third-order valence-corrected chi connectivity index (χ3v) is 2.66. The lowest BCUT2D eigenvalue weighted by Crippen LogP contribution is -2.12. The molecule has 0 spiro atoms. The topological polar surface area (TPSA) is 59.2 Å². The molecule has 0 aliphatic carbocycles. The number of halogens is 2. The summed E-state index contributed by atoms with van der Waals surface area (Å²) >= 11 is 0. The van der Waals surface area contributed by atoms with Crippen molar-refractivity contribution in [3.8, 4) is 11.5 Å². The fourth-order valence-electron chi connectivity index (χ4n) is 1.74. The monoisotopic (exact) mass is 283 g/mol. The van der Waals surface area contributed by atoms with Crippen LogP contribution in [0.5, 0.6) is 11.5 Å². The Hall–Kier alpha value is -2.15. The predicted molar refractivity (Wildman–Crippen MR) is 68.8 cm³/mol. The molecule has 0 unspecified atom stereocenters. The second-order valence-electron chi connectivity index (χ2n) is 4.07. The van der Waals surface area contributed by atoms with Gasteiger partial charge in [-0.1, -0.05) is 6.07 Å². The first-order chi connectivity index (χ1) is 9.69. The van der Waals surface area contributed by atoms with Crippen LogP contribution in [0, 0.1) is 0 Å². The Kier molecular flexibility index (Phi) is 4.89. The lowest BCUT2D eigenvalue weighted by Gasteiger charge is -2.11. The molecule has 0 aliphatic heterocycles. The molecule has 0 bridgehead atoms. The van der Waals surface area contributed by atoms with Crippen LogP contribution in [0.15, 0.2) is 30.6 Å². The van der Waals surface area contributed by atoms with E-state index in [2.05, 4.69) is 20.3 Å². The van der Waals surface area contributed by atoms with Gasteiger partial charge in [0.25, 0.3) is 0 Å². The van der Waals surface area contributed by atoms with E-state index in [1.165, 1.54) is 13.2 Å². The number of hydrogen-bond acceptors (Lipinski definition) is 4. The van der Waals surface area contributed by atoms with Crippen LogP contribution in [0.3, 0.4) is 0 Å². The summed E-state index contributed by atoms with van der Waals surface area (Å²) in [6, 6.07) is 4.93. The maximum Gasteiger partial charge on any atom is 0.387 e. The van der Waals surface area contributed by atoms with Gasteiger partial charge in [0.15, 0.2) is 11.5 Å². The molecule has 1 heterocycles. The van der Waals surface area contributed by atoms with Crippen LogP contribution in [0.2, 0.25) is 0 Å². The molecule has 2 aromatic rings. The number of alkyl halides is 2. The van der Waals surface area contributed by atoms with Crippen molar-refractivity contribution in [1.82, 2.24) is 15.5 Å². The number of aromatic nitrogens is 2. The quantitative estimate of drug-likeness (QED) is 0.818. The zero-order valence-electron chi connectivity index (χ0n) is 10.9. The van der Waals surface area contributed by atoms with E-state index in [0.29, 0.717) is 13.1 Å². The minimum Gasteiger partial charge on any atom is -0.493 e. The zero-order valence-corrected chi connectivity index (χ0v) is 10.9. The van der Waals surface area contributed by atoms with Crippen molar-refractivity contribution >= 4 is 0 Å². The molecule has 0 aliphatic rings. The average Bonchev–Trinajstić information content (AvgIpc) is 2.91. The van der Waals surface area contributed by atoms with Crippen LogP contribution in [-0.2, 0) is 13.1 Å². The fraction of sp³-hybridized carbons (Fsp3) is 0.308. The minimum absolute atomic E-state index is 0.0325. The van der Waals surface area contributed by atoms with Gasteiger partial charge in [0, 0.05) is 24.8 Å². The van der Waals surface area contributed by atoms with Crippen molar-refractivity contribution in [3.63, 3.8) is 0 Å². The minimum atomic E-state index is -2.88. The van der Waals surface area contributed by atoms with Gasteiger partial charge in [0.2, 0.25) is 0 Å². The Balaban J connectivity index is 1.97. The number of methoxy groups -OCH3 is 1. The van der Waals surface area contributed by atoms with Crippen molar-refractivity contribution in [2.24, 2.45) is 0 Å². The molecule has 0 atom stereocenters. The zero-order chi connectivity index (χ0) is 14.4. The van der Waals surface area contributed by atoms with Gasteiger partial charge in [0.05, 0.1) is 13.3 Å². The van der Waals surface area contributed by atoms with Crippen LogP contribution >= 0.6 is 0 Å². The molecule has 1 aromatic heterocycles. The Morgan fingerprint density at radius 3 is 2.70 bits per heavy atom. The lowest BCUT2D eigenvalue weighted by molar-refractivity contribution is -0.0512. The molecule has 108 valence electrons. The summed E-state index contributed by atoms with van der Waals surface area (Å²) in [7, 11) is 1.41. The highest BCUT2D eigenvalue weighted by atomic mass is 19.3. The Labute approximate surface area is 114 Å². The molecule has 20 heavy (non-hydrogen) atoms. The Morgan fingerprint density at radius 1 is 1.25 bits per heavy atom. The van der Waals surface area contributed by atoms with E-state index in [4.69, 9.17) is 4.74 Å².